The van der Waals surface area contributed by atoms with Crippen molar-refractivity contribution in [2.75, 3.05) is 13.2 Å². The molecule has 0 amide bonds. The van der Waals surface area contributed by atoms with E-state index in [1.165, 1.54) is 0 Å². The van der Waals surface area contributed by atoms with E-state index in [1.54, 1.807) is 0 Å². The number of rotatable bonds is 6. The molecule has 0 atom stereocenters. The fraction of sp³-hybridized carbons (Fsp3) is 0.294. The molecule has 2 aromatic carbocycles. The van der Waals surface area contributed by atoms with Gasteiger partial charge in [-0.1, -0.05) is 58.4 Å². The summed E-state index contributed by atoms with van der Waals surface area (Å²) in [5.41, 5.74) is 1.73. The third-order valence-corrected chi connectivity index (χ3v) is 4.11. The molecule has 0 spiro atoms. The van der Waals surface area contributed by atoms with Crippen molar-refractivity contribution in [2.24, 2.45) is 5.41 Å². The third-order valence-electron chi connectivity index (χ3n) is 3.59. The van der Waals surface area contributed by atoms with E-state index in [0.717, 1.165) is 15.6 Å². The molecule has 0 aliphatic carbocycles. The first-order valence-electron chi connectivity index (χ1n) is 6.67. The monoisotopic (exact) mass is 334 g/mol. The largest absolute Gasteiger partial charge is 0.396 e. The lowest BCUT2D eigenvalue weighted by atomic mass is 9.78. The summed E-state index contributed by atoms with van der Waals surface area (Å²) in [5.74, 6) is 0. The lowest BCUT2D eigenvalue weighted by Crippen LogP contribution is -2.34. The quantitative estimate of drug-likeness (QED) is 0.851. The molecule has 0 radical (unpaired) electrons. The average Bonchev–Trinajstić information content (AvgIpc) is 2.50. The second-order valence-electron chi connectivity index (χ2n) is 5.28. The molecule has 0 saturated heterocycles. The molecule has 106 valence electrons. The number of halogens is 1. The minimum atomic E-state index is -0.519. The van der Waals surface area contributed by atoms with Crippen LogP contribution in [0.5, 0.6) is 0 Å². The highest BCUT2D eigenvalue weighted by Crippen LogP contribution is 2.28. The third kappa shape index (κ3) is 3.92. The van der Waals surface area contributed by atoms with Crippen molar-refractivity contribution in [1.82, 2.24) is 0 Å². The van der Waals surface area contributed by atoms with Crippen molar-refractivity contribution in [3.63, 3.8) is 0 Å². The van der Waals surface area contributed by atoms with Crippen LogP contribution in [0.15, 0.2) is 59.1 Å². The summed E-state index contributed by atoms with van der Waals surface area (Å²) in [6.45, 7) is -0.0666. The van der Waals surface area contributed by atoms with Gasteiger partial charge in [0.25, 0.3) is 0 Å². The molecule has 0 fully saturated rings. The van der Waals surface area contributed by atoms with Gasteiger partial charge in [0.2, 0.25) is 0 Å². The summed E-state index contributed by atoms with van der Waals surface area (Å²) in [6, 6.07) is 18.0. The lowest BCUT2D eigenvalue weighted by molar-refractivity contribution is 0.0548. The maximum absolute atomic E-state index is 9.78. The Morgan fingerprint density at radius 1 is 0.750 bits per heavy atom. The van der Waals surface area contributed by atoms with Crippen LogP contribution in [0.4, 0.5) is 0 Å². The van der Waals surface area contributed by atoms with Crippen LogP contribution in [0, 0.1) is 5.41 Å². The van der Waals surface area contributed by atoms with Gasteiger partial charge >= 0.3 is 0 Å². The molecule has 0 bridgehead atoms. The Balaban J connectivity index is 2.18. The molecule has 0 aliphatic rings. The minimum absolute atomic E-state index is 0.0333. The number of benzene rings is 2. The van der Waals surface area contributed by atoms with E-state index in [2.05, 4.69) is 15.9 Å². The first-order valence-corrected chi connectivity index (χ1v) is 7.47. The van der Waals surface area contributed by atoms with Gasteiger partial charge in [0.1, 0.15) is 0 Å². The van der Waals surface area contributed by atoms with E-state index in [4.69, 9.17) is 0 Å². The molecule has 2 N–H and O–H groups in total. The van der Waals surface area contributed by atoms with E-state index in [9.17, 15) is 10.2 Å². The van der Waals surface area contributed by atoms with E-state index >= 15 is 0 Å². The molecule has 0 unspecified atom stereocenters. The zero-order chi connectivity index (χ0) is 14.4. The van der Waals surface area contributed by atoms with Gasteiger partial charge in [-0.15, -0.1) is 0 Å². The Morgan fingerprint density at radius 2 is 1.25 bits per heavy atom. The Labute approximate surface area is 128 Å². The summed E-state index contributed by atoms with van der Waals surface area (Å²) < 4.78 is 1.03. The number of hydrogen-bond donors (Lipinski definition) is 2. The van der Waals surface area contributed by atoms with Crippen LogP contribution >= 0.6 is 15.9 Å². The first kappa shape index (κ1) is 15.2. The summed E-state index contributed by atoms with van der Waals surface area (Å²) >= 11 is 3.41. The summed E-state index contributed by atoms with van der Waals surface area (Å²) in [7, 11) is 0. The normalized spacial score (nSPS) is 11.6. The van der Waals surface area contributed by atoms with Crippen LogP contribution in [0.25, 0.3) is 0 Å². The van der Waals surface area contributed by atoms with Gasteiger partial charge in [0.05, 0.1) is 13.2 Å². The van der Waals surface area contributed by atoms with Crippen molar-refractivity contribution in [3.05, 3.63) is 70.2 Å². The van der Waals surface area contributed by atoms with Gasteiger partial charge in [-0.2, -0.15) is 0 Å². The number of aliphatic hydroxyl groups is 2. The van der Waals surface area contributed by atoms with Gasteiger partial charge in [-0.3, -0.25) is 0 Å². The Kier molecular flexibility index (Phi) is 5.35. The van der Waals surface area contributed by atoms with Gasteiger partial charge in [-0.05, 0) is 36.1 Å². The van der Waals surface area contributed by atoms with Gasteiger partial charge in [0, 0.05) is 9.89 Å². The summed E-state index contributed by atoms with van der Waals surface area (Å²) in [5, 5.41) is 19.6. The lowest BCUT2D eigenvalue weighted by Gasteiger charge is -2.30. The summed E-state index contributed by atoms with van der Waals surface area (Å²) in [4.78, 5) is 0. The van der Waals surface area contributed by atoms with Crippen LogP contribution < -0.4 is 0 Å². The molecule has 3 heteroatoms. The molecule has 0 aromatic heterocycles. The fourth-order valence-corrected chi connectivity index (χ4v) is 2.66. The minimum Gasteiger partial charge on any atom is -0.396 e. The van der Waals surface area contributed by atoms with E-state index in [1.807, 2.05) is 54.6 Å². The maximum Gasteiger partial charge on any atom is 0.0515 e. The SMILES string of the molecule is OCC(CO)(Cc1ccccc1)Cc1ccc(Br)cc1. The predicted octanol–water partition coefficient (Wildman–Crippen LogP) is 3.21. The van der Waals surface area contributed by atoms with Crippen LogP contribution in [-0.4, -0.2) is 23.4 Å². The fourth-order valence-electron chi connectivity index (χ4n) is 2.40. The molecule has 2 rings (SSSR count). The highest BCUT2D eigenvalue weighted by Gasteiger charge is 2.29. The summed E-state index contributed by atoms with van der Waals surface area (Å²) in [6.07, 6.45) is 1.32. The van der Waals surface area contributed by atoms with Crippen molar-refractivity contribution >= 4 is 15.9 Å². The van der Waals surface area contributed by atoms with E-state index in [-0.39, 0.29) is 13.2 Å². The standard InChI is InChI=1S/C17H19BrO2/c18-16-8-6-15(7-9-16)11-17(12-19,13-20)10-14-4-2-1-3-5-14/h1-9,19-20H,10-13H2. The van der Waals surface area contributed by atoms with E-state index < -0.39 is 5.41 Å². The number of aliphatic hydroxyl groups excluding tert-OH is 2. The van der Waals surface area contributed by atoms with Crippen LogP contribution in [0.2, 0.25) is 0 Å². The van der Waals surface area contributed by atoms with Crippen molar-refractivity contribution in [1.29, 1.82) is 0 Å². The molecule has 0 heterocycles. The van der Waals surface area contributed by atoms with Crippen LogP contribution in [0.3, 0.4) is 0 Å². The topological polar surface area (TPSA) is 40.5 Å². The number of hydrogen-bond acceptors (Lipinski definition) is 2. The van der Waals surface area contributed by atoms with Gasteiger partial charge in [0.15, 0.2) is 0 Å². The molecular weight excluding hydrogens is 316 g/mol. The highest BCUT2D eigenvalue weighted by atomic mass is 79.9. The smallest absolute Gasteiger partial charge is 0.0515 e. The Bertz CT molecular complexity index is 518. The molecule has 0 saturated carbocycles. The molecular formula is C17H19BrO2. The van der Waals surface area contributed by atoms with Crippen molar-refractivity contribution in [2.45, 2.75) is 12.8 Å². The molecule has 2 nitrogen and oxygen atoms in total. The van der Waals surface area contributed by atoms with Crippen molar-refractivity contribution in [3.8, 4) is 0 Å². The molecule has 20 heavy (non-hydrogen) atoms. The second kappa shape index (κ2) is 7.02. The Hall–Kier alpha value is -1.16. The van der Waals surface area contributed by atoms with Crippen LogP contribution in [-0.2, 0) is 12.8 Å². The van der Waals surface area contributed by atoms with E-state index in [0.29, 0.717) is 12.8 Å². The highest BCUT2D eigenvalue weighted by molar-refractivity contribution is 9.10. The van der Waals surface area contributed by atoms with Gasteiger partial charge in [-0.25, -0.2) is 0 Å². The second-order valence-corrected chi connectivity index (χ2v) is 6.20. The predicted molar refractivity (Wildman–Crippen MR) is 84.6 cm³/mol. The van der Waals surface area contributed by atoms with Crippen LogP contribution in [0.1, 0.15) is 11.1 Å². The Morgan fingerprint density at radius 3 is 1.75 bits per heavy atom. The maximum atomic E-state index is 9.78. The molecule has 2 aromatic rings. The zero-order valence-corrected chi connectivity index (χ0v) is 12.9. The average molecular weight is 335 g/mol. The first-order chi connectivity index (χ1) is 9.67. The van der Waals surface area contributed by atoms with Crippen molar-refractivity contribution < 1.29 is 10.2 Å². The van der Waals surface area contributed by atoms with Gasteiger partial charge < -0.3 is 10.2 Å². The zero-order valence-electron chi connectivity index (χ0n) is 11.3. The molecule has 0 aliphatic heterocycles.